The van der Waals surface area contributed by atoms with Crippen LogP contribution in [0.3, 0.4) is 0 Å². The first kappa shape index (κ1) is 13.8. The van der Waals surface area contributed by atoms with Crippen LogP contribution >= 0.6 is 27.5 Å². The van der Waals surface area contributed by atoms with Crippen LogP contribution in [0.4, 0.5) is 0 Å². The largest absolute Gasteiger partial charge is 0.388 e. The first-order valence-corrected chi connectivity index (χ1v) is 6.99. The molecule has 1 saturated carbocycles. The quantitative estimate of drug-likeness (QED) is 0.836. The van der Waals surface area contributed by atoms with Crippen molar-refractivity contribution in [1.82, 2.24) is 10.3 Å². The van der Waals surface area contributed by atoms with E-state index in [1.165, 1.54) is 6.20 Å². The Labute approximate surface area is 119 Å². The third-order valence-corrected chi connectivity index (χ3v) is 3.90. The van der Waals surface area contributed by atoms with E-state index in [1.807, 2.05) is 0 Å². The van der Waals surface area contributed by atoms with E-state index in [0.29, 0.717) is 10.0 Å². The molecule has 0 bridgehead atoms. The number of hydrogen-bond donors (Lipinski definition) is 2. The number of carbonyl (C=O) groups excluding carboxylic acids is 1. The highest BCUT2D eigenvalue weighted by Gasteiger charge is 2.31. The Kier molecular flexibility index (Phi) is 4.25. The molecule has 0 radical (unpaired) electrons. The van der Waals surface area contributed by atoms with Gasteiger partial charge in [0.1, 0.15) is 5.15 Å². The van der Waals surface area contributed by atoms with Crippen LogP contribution in [0.1, 0.15) is 36.0 Å². The molecule has 2 rings (SSSR count). The van der Waals surface area contributed by atoms with Crippen LogP contribution in [0, 0.1) is 0 Å². The number of pyridine rings is 1. The van der Waals surface area contributed by atoms with Crippen molar-refractivity contribution in [2.24, 2.45) is 0 Å². The van der Waals surface area contributed by atoms with Gasteiger partial charge in [0.05, 0.1) is 11.2 Å². The van der Waals surface area contributed by atoms with E-state index in [9.17, 15) is 9.90 Å². The summed E-state index contributed by atoms with van der Waals surface area (Å²) in [5.74, 6) is -0.311. The van der Waals surface area contributed by atoms with Crippen molar-refractivity contribution < 1.29 is 9.90 Å². The normalized spacial score (nSPS) is 17.7. The van der Waals surface area contributed by atoms with Crippen LogP contribution in [0.15, 0.2) is 16.7 Å². The lowest BCUT2D eigenvalue weighted by Gasteiger charge is -2.22. The molecular weight excluding hydrogens is 320 g/mol. The molecule has 1 heterocycles. The number of carbonyl (C=O) groups is 1. The smallest absolute Gasteiger partial charge is 0.254 e. The number of nitrogens with zero attached hydrogens (tertiary/aromatic N) is 1. The van der Waals surface area contributed by atoms with Crippen LogP contribution in [0.5, 0.6) is 0 Å². The van der Waals surface area contributed by atoms with Gasteiger partial charge in [-0.3, -0.25) is 4.79 Å². The summed E-state index contributed by atoms with van der Waals surface area (Å²) >= 11 is 9.11. The van der Waals surface area contributed by atoms with Crippen LogP contribution in [-0.2, 0) is 0 Å². The molecule has 0 unspecified atom stereocenters. The van der Waals surface area contributed by atoms with Gasteiger partial charge in [-0.1, -0.05) is 24.4 Å². The van der Waals surface area contributed by atoms with Gasteiger partial charge in [-0.2, -0.15) is 0 Å². The third-order valence-electron chi connectivity index (χ3n) is 3.16. The maximum Gasteiger partial charge on any atom is 0.254 e. The van der Waals surface area contributed by atoms with Gasteiger partial charge in [-0.25, -0.2) is 4.98 Å². The second-order valence-corrected chi connectivity index (χ2v) is 5.88. The van der Waals surface area contributed by atoms with Gasteiger partial charge in [0.2, 0.25) is 0 Å². The van der Waals surface area contributed by atoms with Gasteiger partial charge < -0.3 is 10.4 Å². The van der Waals surface area contributed by atoms with Crippen LogP contribution in [-0.4, -0.2) is 28.1 Å². The first-order valence-electron chi connectivity index (χ1n) is 5.82. The zero-order valence-electron chi connectivity index (χ0n) is 9.75. The van der Waals surface area contributed by atoms with Gasteiger partial charge in [0.15, 0.2) is 0 Å². The molecule has 4 nitrogen and oxygen atoms in total. The number of rotatable bonds is 3. The van der Waals surface area contributed by atoms with E-state index in [0.717, 1.165) is 25.7 Å². The van der Waals surface area contributed by atoms with Crippen molar-refractivity contribution in [2.75, 3.05) is 6.54 Å². The molecular formula is C12H14BrClN2O2. The van der Waals surface area contributed by atoms with Crippen molar-refractivity contribution in [2.45, 2.75) is 31.3 Å². The van der Waals surface area contributed by atoms with E-state index < -0.39 is 5.60 Å². The minimum absolute atomic E-state index is 0.161. The molecule has 0 atom stereocenters. The van der Waals surface area contributed by atoms with E-state index in [1.54, 1.807) is 6.07 Å². The van der Waals surface area contributed by atoms with E-state index >= 15 is 0 Å². The molecule has 1 aromatic heterocycles. The molecule has 0 spiro atoms. The zero-order valence-corrected chi connectivity index (χ0v) is 12.1. The van der Waals surface area contributed by atoms with Crippen molar-refractivity contribution in [3.63, 3.8) is 0 Å². The number of halogens is 2. The lowest BCUT2D eigenvalue weighted by molar-refractivity contribution is 0.0449. The summed E-state index contributed by atoms with van der Waals surface area (Å²) in [6, 6.07) is 1.61. The van der Waals surface area contributed by atoms with Gasteiger partial charge in [-0.15, -0.1) is 0 Å². The fourth-order valence-corrected chi connectivity index (χ4v) is 2.65. The molecule has 0 aromatic carbocycles. The predicted octanol–water partition coefficient (Wildman–Crippen LogP) is 2.53. The van der Waals surface area contributed by atoms with Crippen molar-refractivity contribution >= 4 is 33.4 Å². The highest BCUT2D eigenvalue weighted by molar-refractivity contribution is 9.10. The number of amides is 1. The van der Waals surface area contributed by atoms with Crippen LogP contribution in [0.25, 0.3) is 0 Å². The van der Waals surface area contributed by atoms with Gasteiger partial charge >= 0.3 is 0 Å². The van der Waals surface area contributed by atoms with Crippen LogP contribution in [0.2, 0.25) is 5.15 Å². The number of aliphatic hydroxyl groups is 1. The van der Waals surface area contributed by atoms with Gasteiger partial charge in [-0.05, 0) is 34.8 Å². The summed E-state index contributed by atoms with van der Waals surface area (Å²) in [5, 5.41) is 13.0. The predicted molar refractivity (Wildman–Crippen MR) is 72.7 cm³/mol. The number of hydrogen-bond acceptors (Lipinski definition) is 3. The Bertz CT molecular complexity index is 461. The molecule has 0 saturated heterocycles. The standard InChI is InChI=1S/C12H14BrClN2O2/c13-8-5-9(10(14)15-6-8)11(17)16-7-12(18)3-1-2-4-12/h5-6,18H,1-4,7H2,(H,16,17). The van der Waals surface area contributed by atoms with Crippen molar-refractivity contribution in [3.8, 4) is 0 Å². The molecule has 0 aliphatic heterocycles. The summed E-state index contributed by atoms with van der Waals surface area (Å²) in [7, 11) is 0. The Hall–Kier alpha value is -0.650. The maximum absolute atomic E-state index is 11.9. The molecule has 2 N–H and O–H groups in total. The fourth-order valence-electron chi connectivity index (χ4n) is 2.13. The minimum atomic E-state index is -0.762. The molecule has 98 valence electrons. The third kappa shape index (κ3) is 3.22. The molecule has 6 heteroatoms. The molecule has 1 aliphatic carbocycles. The average Bonchev–Trinajstić information content (AvgIpc) is 2.77. The van der Waals surface area contributed by atoms with Crippen molar-refractivity contribution in [1.29, 1.82) is 0 Å². The van der Waals surface area contributed by atoms with Crippen molar-refractivity contribution in [3.05, 3.63) is 27.5 Å². The number of aromatic nitrogens is 1. The fraction of sp³-hybridized carbons (Fsp3) is 0.500. The molecule has 18 heavy (non-hydrogen) atoms. The Morgan fingerprint density at radius 1 is 1.56 bits per heavy atom. The average molecular weight is 334 g/mol. The summed E-state index contributed by atoms with van der Waals surface area (Å²) in [5.41, 5.74) is -0.450. The van der Waals surface area contributed by atoms with E-state index in [4.69, 9.17) is 11.6 Å². The second-order valence-electron chi connectivity index (χ2n) is 4.61. The Balaban J connectivity index is 2.01. The summed E-state index contributed by atoms with van der Waals surface area (Å²) < 4.78 is 0.691. The zero-order chi connectivity index (χ0) is 13.2. The monoisotopic (exact) mass is 332 g/mol. The molecule has 1 fully saturated rings. The Morgan fingerprint density at radius 2 is 2.22 bits per heavy atom. The summed E-state index contributed by atoms with van der Waals surface area (Å²) in [6.07, 6.45) is 5.01. The lowest BCUT2D eigenvalue weighted by Crippen LogP contribution is -2.40. The Morgan fingerprint density at radius 3 is 2.89 bits per heavy atom. The summed E-state index contributed by atoms with van der Waals surface area (Å²) in [6.45, 7) is 0.259. The molecule has 1 amide bonds. The van der Waals surface area contributed by atoms with Gasteiger partial charge in [0.25, 0.3) is 5.91 Å². The SMILES string of the molecule is O=C(NCC1(O)CCCC1)c1cc(Br)cnc1Cl. The van der Waals surface area contributed by atoms with E-state index in [2.05, 4.69) is 26.2 Å². The van der Waals surface area contributed by atoms with Gasteiger partial charge in [0, 0.05) is 17.2 Å². The van der Waals surface area contributed by atoms with E-state index in [-0.39, 0.29) is 17.6 Å². The highest BCUT2D eigenvalue weighted by atomic mass is 79.9. The first-order chi connectivity index (χ1) is 8.50. The molecule has 1 aliphatic rings. The molecule has 1 aromatic rings. The second kappa shape index (κ2) is 5.55. The lowest BCUT2D eigenvalue weighted by atomic mass is 10.0. The number of nitrogens with one attached hydrogen (secondary N) is 1. The highest BCUT2D eigenvalue weighted by Crippen LogP contribution is 2.28. The maximum atomic E-state index is 11.9. The summed E-state index contributed by atoms with van der Waals surface area (Å²) in [4.78, 5) is 15.8. The minimum Gasteiger partial charge on any atom is -0.388 e. The van der Waals surface area contributed by atoms with Crippen LogP contribution < -0.4 is 5.32 Å². The topological polar surface area (TPSA) is 62.2 Å².